The highest BCUT2D eigenvalue weighted by Crippen LogP contribution is 2.38. The Kier molecular flexibility index (Phi) is 3.42. The van der Waals surface area contributed by atoms with Crippen molar-refractivity contribution in [2.75, 3.05) is 0 Å². The second-order valence-electron chi connectivity index (χ2n) is 8.78. The van der Waals surface area contributed by atoms with E-state index in [1.807, 2.05) is 52.3 Å². The van der Waals surface area contributed by atoms with Crippen LogP contribution in [0.1, 0.15) is 0 Å². The SMILES string of the molecule is O=c1c2ccccc2c2nccc3c4cc(-c5ccc6sc7ccccc7c6c5)ccc4n1c32. The van der Waals surface area contributed by atoms with E-state index >= 15 is 0 Å². The van der Waals surface area contributed by atoms with Gasteiger partial charge in [0.25, 0.3) is 5.56 Å². The lowest BCUT2D eigenvalue weighted by molar-refractivity contribution is 1.20. The van der Waals surface area contributed by atoms with Gasteiger partial charge in [-0.05, 0) is 53.6 Å². The molecule has 34 heavy (non-hydrogen) atoms. The van der Waals surface area contributed by atoms with Gasteiger partial charge in [-0.2, -0.15) is 0 Å². The third kappa shape index (κ3) is 2.25. The van der Waals surface area contributed by atoms with Crippen LogP contribution in [0.5, 0.6) is 0 Å². The van der Waals surface area contributed by atoms with E-state index < -0.39 is 0 Å². The van der Waals surface area contributed by atoms with E-state index in [1.54, 1.807) is 0 Å². The van der Waals surface area contributed by atoms with Crippen LogP contribution >= 0.6 is 11.3 Å². The van der Waals surface area contributed by atoms with Gasteiger partial charge in [-0.15, -0.1) is 11.3 Å². The van der Waals surface area contributed by atoms with E-state index in [2.05, 4.69) is 65.6 Å². The highest BCUT2D eigenvalue weighted by atomic mass is 32.1. The third-order valence-electron chi connectivity index (χ3n) is 7.00. The summed E-state index contributed by atoms with van der Waals surface area (Å²) < 4.78 is 4.45. The molecule has 4 aromatic heterocycles. The molecule has 8 aromatic rings. The summed E-state index contributed by atoms with van der Waals surface area (Å²) >= 11 is 1.83. The lowest BCUT2D eigenvalue weighted by Crippen LogP contribution is -2.13. The van der Waals surface area contributed by atoms with Gasteiger partial charge >= 0.3 is 0 Å². The molecule has 0 unspecified atom stereocenters. The van der Waals surface area contributed by atoms with E-state index in [0.29, 0.717) is 5.39 Å². The number of rotatable bonds is 1. The van der Waals surface area contributed by atoms with Crippen molar-refractivity contribution in [2.45, 2.75) is 0 Å². The Morgan fingerprint density at radius 1 is 0.618 bits per heavy atom. The smallest absolute Gasteiger partial charge is 0.263 e. The Morgan fingerprint density at radius 3 is 2.21 bits per heavy atom. The first kappa shape index (κ1) is 18.2. The Morgan fingerprint density at radius 2 is 1.32 bits per heavy atom. The summed E-state index contributed by atoms with van der Waals surface area (Å²) in [7, 11) is 0. The van der Waals surface area contributed by atoms with Crippen molar-refractivity contribution >= 4 is 69.6 Å². The lowest BCUT2D eigenvalue weighted by atomic mass is 10.0. The normalized spacial score (nSPS) is 12.2. The van der Waals surface area contributed by atoms with Gasteiger partial charge in [0.1, 0.15) is 0 Å². The van der Waals surface area contributed by atoms with Gasteiger partial charge < -0.3 is 0 Å². The lowest BCUT2D eigenvalue weighted by Gasteiger charge is -2.05. The molecule has 158 valence electrons. The minimum absolute atomic E-state index is 0.00927. The minimum Gasteiger partial charge on any atom is -0.273 e. The van der Waals surface area contributed by atoms with Gasteiger partial charge in [-0.1, -0.05) is 48.5 Å². The highest BCUT2D eigenvalue weighted by Gasteiger charge is 2.18. The van der Waals surface area contributed by atoms with Gasteiger partial charge in [-0.3, -0.25) is 14.2 Å². The molecule has 0 radical (unpaired) electrons. The van der Waals surface area contributed by atoms with Crippen LogP contribution in [0.4, 0.5) is 0 Å². The number of aromatic nitrogens is 2. The number of hydrogen-bond donors (Lipinski definition) is 0. The van der Waals surface area contributed by atoms with Crippen LogP contribution in [0.2, 0.25) is 0 Å². The molecule has 0 aliphatic rings. The molecule has 3 nitrogen and oxygen atoms in total. The first-order valence-electron chi connectivity index (χ1n) is 11.3. The van der Waals surface area contributed by atoms with Crippen LogP contribution in [0.25, 0.3) is 69.4 Å². The second kappa shape index (κ2) is 6.40. The quantitative estimate of drug-likeness (QED) is 0.240. The molecule has 0 aliphatic carbocycles. The van der Waals surface area contributed by atoms with Crippen molar-refractivity contribution in [2.24, 2.45) is 0 Å². The molecule has 8 rings (SSSR count). The van der Waals surface area contributed by atoms with E-state index in [1.165, 1.54) is 25.7 Å². The third-order valence-corrected chi connectivity index (χ3v) is 8.15. The number of fused-ring (bicyclic) bond motifs is 8. The topological polar surface area (TPSA) is 34.4 Å². The predicted octanol–water partition coefficient (Wildman–Crippen LogP) is 7.63. The van der Waals surface area contributed by atoms with Crippen LogP contribution in [0.3, 0.4) is 0 Å². The highest BCUT2D eigenvalue weighted by molar-refractivity contribution is 7.25. The van der Waals surface area contributed by atoms with Crippen LogP contribution in [-0.4, -0.2) is 9.38 Å². The van der Waals surface area contributed by atoms with E-state index in [9.17, 15) is 4.79 Å². The average molecular weight is 453 g/mol. The zero-order chi connectivity index (χ0) is 22.4. The Labute approximate surface area is 197 Å². The zero-order valence-electron chi connectivity index (χ0n) is 17.9. The fourth-order valence-electron chi connectivity index (χ4n) is 5.45. The van der Waals surface area contributed by atoms with Gasteiger partial charge in [0, 0.05) is 47.9 Å². The first-order chi connectivity index (χ1) is 16.8. The predicted molar refractivity (Wildman–Crippen MR) is 143 cm³/mol. The molecule has 0 saturated carbocycles. The van der Waals surface area contributed by atoms with Crippen molar-refractivity contribution in [3.05, 3.63) is 108 Å². The molecule has 0 aliphatic heterocycles. The van der Waals surface area contributed by atoms with Gasteiger partial charge in [-0.25, -0.2) is 0 Å². The molecule has 0 fully saturated rings. The summed E-state index contributed by atoms with van der Waals surface area (Å²) in [6, 6.07) is 31.5. The fraction of sp³-hybridized carbons (Fsp3) is 0. The summed E-state index contributed by atoms with van der Waals surface area (Å²) in [6.07, 6.45) is 1.85. The van der Waals surface area contributed by atoms with E-state index in [-0.39, 0.29) is 5.56 Å². The molecule has 0 amide bonds. The standard InChI is InChI=1S/C30H16N2OS/c33-30-22-7-2-1-6-20(22)28-29-21(13-14-31-28)23-15-17(9-11-25(23)32(29)30)18-10-12-27-24(16-18)19-5-3-4-8-26(19)34-27/h1-16H. The largest absolute Gasteiger partial charge is 0.273 e. The number of pyridine rings is 2. The number of hydrogen-bond acceptors (Lipinski definition) is 3. The summed E-state index contributed by atoms with van der Waals surface area (Å²) in [6.45, 7) is 0. The van der Waals surface area contributed by atoms with Gasteiger partial charge in [0.2, 0.25) is 0 Å². The molecule has 0 N–H and O–H groups in total. The van der Waals surface area contributed by atoms with Gasteiger partial charge in [0.15, 0.2) is 0 Å². The summed E-state index contributed by atoms with van der Waals surface area (Å²) in [5, 5.41) is 6.33. The van der Waals surface area contributed by atoms with Crippen LogP contribution < -0.4 is 5.56 Å². The van der Waals surface area contributed by atoms with Crippen molar-refractivity contribution in [3.8, 4) is 11.1 Å². The second-order valence-corrected chi connectivity index (χ2v) is 9.87. The minimum atomic E-state index is 0.00927. The molecule has 4 heteroatoms. The Balaban J connectivity index is 1.46. The Bertz CT molecular complexity index is 2150. The molecule has 4 heterocycles. The van der Waals surface area contributed by atoms with E-state index in [0.717, 1.165) is 38.3 Å². The summed E-state index contributed by atoms with van der Waals surface area (Å²) in [4.78, 5) is 18.2. The number of thiophene rings is 1. The first-order valence-corrected chi connectivity index (χ1v) is 12.1. The van der Waals surface area contributed by atoms with E-state index in [4.69, 9.17) is 0 Å². The number of nitrogens with zero attached hydrogens (tertiary/aromatic N) is 2. The van der Waals surface area contributed by atoms with Crippen LogP contribution in [0.15, 0.2) is 102 Å². The van der Waals surface area contributed by atoms with Crippen LogP contribution in [-0.2, 0) is 0 Å². The molecule has 0 spiro atoms. The summed E-state index contributed by atoms with van der Waals surface area (Å²) in [5.41, 5.74) is 5.03. The van der Waals surface area contributed by atoms with Crippen molar-refractivity contribution in [1.82, 2.24) is 9.38 Å². The average Bonchev–Trinajstić information content (AvgIpc) is 3.43. The summed E-state index contributed by atoms with van der Waals surface area (Å²) in [5.74, 6) is 0. The maximum atomic E-state index is 13.5. The van der Waals surface area contributed by atoms with Crippen molar-refractivity contribution in [1.29, 1.82) is 0 Å². The molecule has 0 saturated heterocycles. The fourth-order valence-corrected chi connectivity index (χ4v) is 6.54. The molecular weight excluding hydrogens is 436 g/mol. The molecule has 4 aromatic carbocycles. The zero-order valence-corrected chi connectivity index (χ0v) is 18.8. The van der Waals surface area contributed by atoms with Gasteiger partial charge in [0.05, 0.1) is 16.6 Å². The molecule has 0 bridgehead atoms. The monoisotopic (exact) mass is 452 g/mol. The maximum absolute atomic E-state index is 13.5. The Hall–Kier alpha value is -4.28. The maximum Gasteiger partial charge on any atom is 0.263 e. The van der Waals surface area contributed by atoms with Crippen LogP contribution in [0, 0.1) is 0 Å². The molecular formula is C30H16N2OS. The van der Waals surface area contributed by atoms with Crippen molar-refractivity contribution in [3.63, 3.8) is 0 Å². The number of benzene rings is 4. The van der Waals surface area contributed by atoms with Crippen molar-refractivity contribution < 1.29 is 0 Å². The molecule has 0 atom stereocenters.